The number of anilines is 1. The summed E-state index contributed by atoms with van der Waals surface area (Å²) in [4.78, 5) is 22.9. The number of hydrogen-bond acceptors (Lipinski definition) is 5. The number of aliphatic carboxylic acids is 1. The monoisotopic (exact) mass is 528 g/mol. The summed E-state index contributed by atoms with van der Waals surface area (Å²) < 4.78 is 12.4. The summed E-state index contributed by atoms with van der Waals surface area (Å²) in [6.07, 6.45) is 0.873. The number of carbonyl (C=O) groups is 2. The average Bonchev–Trinajstić information content (AvgIpc) is 3.34. The van der Waals surface area contributed by atoms with Crippen molar-refractivity contribution in [1.29, 1.82) is 0 Å². The Hall–Kier alpha value is -4.26. The number of nitrogens with one attached hydrogen (secondary N) is 2. The van der Waals surface area contributed by atoms with Crippen molar-refractivity contribution in [2.24, 2.45) is 5.92 Å². The standard InChI is InChI=1S/C32H36N2O5/c1-5-20(2)27(34-25-12-10-23(11-13-25)32(37)33-15-14-30(35)36)19-38-26-16-21(3)31(22(4)17-26)29-18-24-8-6-7-9-28(24)39-29/h6-13,16-18,20,27,34H,5,14-15,19H2,1-4H3,(H,33,37)(H,35,36). The van der Waals surface area contributed by atoms with Gasteiger partial charge in [-0.3, -0.25) is 9.59 Å². The third kappa shape index (κ3) is 6.99. The lowest BCUT2D eigenvalue weighted by atomic mass is 9.98. The van der Waals surface area contributed by atoms with Crippen LogP contribution in [0.1, 0.15) is 48.2 Å². The highest BCUT2D eigenvalue weighted by molar-refractivity contribution is 5.94. The van der Waals surface area contributed by atoms with Crippen LogP contribution in [0.25, 0.3) is 22.3 Å². The second-order valence-electron chi connectivity index (χ2n) is 10.0. The van der Waals surface area contributed by atoms with Gasteiger partial charge in [-0.1, -0.05) is 38.5 Å². The largest absolute Gasteiger partial charge is 0.491 e. The van der Waals surface area contributed by atoms with Crippen molar-refractivity contribution in [3.05, 3.63) is 83.4 Å². The van der Waals surface area contributed by atoms with Crippen LogP contribution in [0.3, 0.4) is 0 Å². The van der Waals surface area contributed by atoms with Gasteiger partial charge in [0.1, 0.15) is 23.7 Å². The normalized spacial score (nSPS) is 12.6. The van der Waals surface area contributed by atoms with E-state index in [0.29, 0.717) is 18.1 Å². The zero-order chi connectivity index (χ0) is 27.9. The second kappa shape index (κ2) is 12.5. The Bertz CT molecular complexity index is 1380. The highest BCUT2D eigenvalue weighted by Crippen LogP contribution is 2.35. The minimum Gasteiger partial charge on any atom is -0.491 e. The Balaban J connectivity index is 1.42. The fourth-order valence-electron chi connectivity index (χ4n) is 4.64. The van der Waals surface area contributed by atoms with Crippen molar-refractivity contribution in [1.82, 2.24) is 5.32 Å². The van der Waals surface area contributed by atoms with Gasteiger partial charge in [0, 0.05) is 28.7 Å². The summed E-state index contributed by atoms with van der Waals surface area (Å²) in [6, 6.07) is 21.5. The Morgan fingerprint density at radius 2 is 1.69 bits per heavy atom. The van der Waals surface area contributed by atoms with Crippen molar-refractivity contribution in [3.63, 3.8) is 0 Å². The number of rotatable bonds is 12. The molecule has 0 radical (unpaired) electrons. The number of furan rings is 1. The van der Waals surface area contributed by atoms with Gasteiger partial charge in [0.2, 0.25) is 0 Å². The highest BCUT2D eigenvalue weighted by Gasteiger charge is 2.19. The lowest BCUT2D eigenvalue weighted by molar-refractivity contribution is -0.136. The molecule has 0 saturated carbocycles. The van der Waals surface area contributed by atoms with Gasteiger partial charge < -0.3 is 24.9 Å². The first kappa shape index (κ1) is 27.8. The number of amides is 1. The number of aryl methyl sites for hydroxylation is 2. The summed E-state index contributed by atoms with van der Waals surface area (Å²) in [6.45, 7) is 9.07. The van der Waals surface area contributed by atoms with Gasteiger partial charge in [-0.15, -0.1) is 0 Å². The predicted molar refractivity (Wildman–Crippen MR) is 155 cm³/mol. The predicted octanol–water partition coefficient (Wildman–Crippen LogP) is 6.83. The summed E-state index contributed by atoms with van der Waals surface area (Å²) in [5.41, 5.74) is 5.52. The van der Waals surface area contributed by atoms with Crippen LogP contribution in [0.2, 0.25) is 0 Å². The second-order valence-corrected chi connectivity index (χ2v) is 10.0. The fraction of sp³-hybridized carbons (Fsp3) is 0.312. The number of carboxylic acid groups (broad SMARTS) is 1. The maximum absolute atomic E-state index is 12.2. The molecule has 1 amide bonds. The van der Waals surface area contributed by atoms with Crippen LogP contribution in [-0.2, 0) is 4.79 Å². The third-order valence-corrected chi connectivity index (χ3v) is 7.06. The molecular formula is C32H36N2O5. The Kier molecular flexibility index (Phi) is 8.92. The number of carboxylic acids is 1. The van der Waals surface area contributed by atoms with Crippen LogP contribution < -0.4 is 15.4 Å². The van der Waals surface area contributed by atoms with Crippen molar-refractivity contribution in [3.8, 4) is 17.1 Å². The summed E-state index contributed by atoms with van der Waals surface area (Å²) in [5, 5.41) is 16.0. The number of para-hydroxylation sites is 1. The van der Waals surface area contributed by atoms with E-state index in [1.165, 1.54) is 0 Å². The van der Waals surface area contributed by atoms with E-state index in [-0.39, 0.29) is 24.9 Å². The molecule has 7 nitrogen and oxygen atoms in total. The molecule has 0 saturated heterocycles. The van der Waals surface area contributed by atoms with Crippen molar-refractivity contribution >= 4 is 28.5 Å². The first-order valence-electron chi connectivity index (χ1n) is 13.3. The molecule has 0 aliphatic heterocycles. The van der Waals surface area contributed by atoms with E-state index in [0.717, 1.165) is 51.3 Å². The SMILES string of the molecule is CCC(C)C(COc1cc(C)c(-c2cc3ccccc3o2)c(C)c1)Nc1ccc(C(=O)NCCC(=O)O)cc1. The molecule has 1 aromatic heterocycles. The van der Waals surface area contributed by atoms with Crippen LogP contribution in [0, 0.1) is 19.8 Å². The van der Waals surface area contributed by atoms with E-state index < -0.39 is 5.97 Å². The Labute approximate surface area is 229 Å². The average molecular weight is 529 g/mol. The smallest absolute Gasteiger partial charge is 0.305 e. The molecule has 0 fully saturated rings. The molecule has 2 unspecified atom stereocenters. The minimum atomic E-state index is -0.944. The molecule has 3 N–H and O–H groups in total. The third-order valence-electron chi connectivity index (χ3n) is 7.06. The van der Waals surface area contributed by atoms with Gasteiger partial charge in [-0.2, -0.15) is 0 Å². The Morgan fingerprint density at radius 1 is 1.00 bits per heavy atom. The molecule has 2 atom stereocenters. The van der Waals surface area contributed by atoms with Crippen LogP contribution in [0.5, 0.6) is 5.75 Å². The number of carbonyl (C=O) groups excluding carboxylic acids is 1. The number of benzene rings is 3. The lowest BCUT2D eigenvalue weighted by Gasteiger charge is -2.26. The lowest BCUT2D eigenvalue weighted by Crippen LogP contribution is -2.33. The number of hydrogen-bond donors (Lipinski definition) is 3. The molecule has 7 heteroatoms. The molecule has 39 heavy (non-hydrogen) atoms. The first-order chi connectivity index (χ1) is 18.7. The van der Waals surface area contributed by atoms with Gasteiger partial charge >= 0.3 is 5.97 Å². The van der Waals surface area contributed by atoms with E-state index in [9.17, 15) is 9.59 Å². The first-order valence-corrected chi connectivity index (χ1v) is 13.3. The molecule has 0 aliphatic carbocycles. The number of fused-ring (bicyclic) bond motifs is 1. The van der Waals surface area contributed by atoms with Crippen LogP contribution in [0.15, 0.2) is 71.1 Å². The molecule has 4 aromatic rings. The zero-order valence-corrected chi connectivity index (χ0v) is 22.9. The quantitative estimate of drug-likeness (QED) is 0.186. The van der Waals surface area contributed by atoms with E-state index >= 15 is 0 Å². The molecule has 204 valence electrons. The van der Waals surface area contributed by atoms with Crippen molar-refractivity contribution in [2.45, 2.75) is 46.6 Å². The summed E-state index contributed by atoms with van der Waals surface area (Å²) in [5.74, 6) is 0.785. The van der Waals surface area contributed by atoms with Gasteiger partial charge in [0.25, 0.3) is 5.91 Å². The molecular weight excluding hydrogens is 492 g/mol. The van der Waals surface area contributed by atoms with Crippen LogP contribution >= 0.6 is 0 Å². The zero-order valence-electron chi connectivity index (χ0n) is 22.9. The molecule has 3 aromatic carbocycles. The Morgan fingerprint density at radius 3 is 2.33 bits per heavy atom. The van der Waals surface area contributed by atoms with E-state index in [4.69, 9.17) is 14.3 Å². The molecule has 4 rings (SSSR count). The molecule has 0 aliphatic rings. The van der Waals surface area contributed by atoms with E-state index in [1.807, 2.05) is 30.3 Å². The summed E-state index contributed by atoms with van der Waals surface area (Å²) >= 11 is 0. The maximum Gasteiger partial charge on any atom is 0.305 e. The highest BCUT2D eigenvalue weighted by atomic mass is 16.5. The van der Waals surface area contributed by atoms with Gasteiger partial charge in [0.15, 0.2) is 0 Å². The van der Waals surface area contributed by atoms with Crippen LogP contribution in [0.4, 0.5) is 5.69 Å². The van der Waals surface area contributed by atoms with Crippen LogP contribution in [-0.4, -0.2) is 36.2 Å². The van der Waals surface area contributed by atoms with Crippen molar-refractivity contribution < 1.29 is 23.8 Å². The molecule has 0 bridgehead atoms. The maximum atomic E-state index is 12.2. The number of ether oxygens (including phenoxy) is 1. The van der Waals surface area contributed by atoms with Gasteiger partial charge in [0.05, 0.1) is 12.5 Å². The minimum absolute atomic E-state index is 0.0564. The topological polar surface area (TPSA) is 101 Å². The summed E-state index contributed by atoms with van der Waals surface area (Å²) in [7, 11) is 0. The van der Waals surface area contributed by atoms with E-state index in [1.54, 1.807) is 12.1 Å². The molecule has 0 spiro atoms. The fourth-order valence-corrected chi connectivity index (χ4v) is 4.64. The molecule has 1 heterocycles. The van der Waals surface area contributed by atoms with Crippen molar-refractivity contribution in [2.75, 3.05) is 18.5 Å². The van der Waals surface area contributed by atoms with Gasteiger partial charge in [-0.25, -0.2) is 0 Å². The van der Waals surface area contributed by atoms with Gasteiger partial charge in [-0.05, 0) is 79.4 Å². The van der Waals surface area contributed by atoms with E-state index in [2.05, 4.69) is 62.6 Å².